The topological polar surface area (TPSA) is 79.6 Å². The zero-order chi connectivity index (χ0) is 17.2. The lowest BCUT2D eigenvalue weighted by molar-refractivity contribution is -0.142. The highest BCUT2D eigenvalue weighted by Gasteiger charge is 2.66. The maximum atomic E-state index is 12.9. The van der Waals surface area contributed by atoms with Crippen molar-refractivity contribution < 1.29 is 14.7 Å². The molecule has 4 rings (SSSR count). The van der Waals surface area contributed by atoms with Crippen LogP contribution in [0.5, 0.6) is 0 Å². The molecule has 2 aliphatic heterocycles. The smallest absolute Gasteiger partial charge is 0.307 e. The molecule has 1 aromatic rings. The van der Waals surface area contributed by atoms with E-state index in [1.165, 1.54) is 0 Å². The molecule has 1 N–H and O–H groups in total. The first-order chi connectivity index (χ1) is 11.3. The van der Waals surface area contributed by atoms with Crippen LogP contribution >= 0.6 is 0 Å². The van der Waals surface area contributed by atoms with Crippen molar-refractivity contribution in [1.82, 2.24) is 9.47 Å². The molecule has 0 aromatic carbocycles. The number of carbonyl (C=O) groups is 2. The van der Waals surface area contributed by atoms with Crippen molar-refractivity contribution in [2.24, 2.45) is 23.2 Å². The number of pyridine rings is 1. The fraction of sp³-hybridized carbons (Fsp3) is 0.611. The average Bonchev–Trinajstić information content (AvgIpc) is 3.10. The second-order valence-electron chi connectivity index (χ2n) is 8.06. The van der Waals surface area contributed by atoms with Crippen molar-refractivity contribution in [3.05, 3.63) is 34.2 Å². The first-order valence-electron chi connectivity index (χ1n) is 8.52. The van der Waals surface area contributed by atoms with Gasteiger partial charge in [0.25, 0.3) is 5.56 Å². The van der Waals surface area contributed by atoms with Crippen molar-refractivity contribution in [2.45, 2.75) is 32.7 Å². The standard InChI is InChI=1S/C18H22N2O4/c1-18(2)14(15(18)17(23)24)16(22)19-7-10-6-11(9-19)12-4-3-5-13(21)20(12)8-10/h3-5,10-11,14-15H,6-9H2,1-2H3,(H,23,24)/t10-,11-,14?,15?/m0/s1. The van der Waals surface area contributed by atoms with Crippen molar-refractivity contribution in [2.75, 3.05) is 13.1 Å². The number of fused-ring (bicyclic) bond motifs is 4. The first-order valence-corrected chi connectivity index (χ1v) is 8.52. The Morgan fingerprint density at radius 3 is 2.58 bits per heavy atom. The highest BCUT2D eigenvalue weighted by Crippen LogP contribution is 2.59. The van der Waals surface area contributed by atoms with E-state index in [0.29, 0.717) is 19.6 Å². The van der Waals surface area contributed by atoms with E-state index in [4.69, 9.17) is 0 Å². The fourth-order valence-corrected chi connectivity index (χ4v) is 4.83. The molecule has 1 amide bonds. The minimum atomic E-state index is -0.882. The van der Waals surface area contributed by atoms with Gasteiger partial charge in [0.05, 0.1) is 11.8 Å². The van der Waals surface area contributed by atoms with Gasteiger partial charge in [-0.2, -0.15) is 0 Å². The number of hydrogen-bond acceptors (Lipinski definition) is 3. The Labute approximate surface area is 140 Å². The monoisotopic (exact) mass is 330 g/mol. The second-order valence-corrected chi connectivity index (χ2v) is 8.06. The van der Waals surface area contributed by atoms with Crippen LogP contribution in [0.15, 0.2) is 23.0 Å². The number of piperidine rings is 1. The van der Waals surface area contributed by atoms with Crippen molar-refractivity contribution >= 4 is 11.9 Å². The van der Waals surface area contributed by atoms with Crippen LogP contribution in [-0.2, 0) is 16.1 Å². The number of likely N-dealkylation sites (tertiary alicyclic amines) is 1. The first kappa shape index (κ1) is 15.4. The molecule has 6 nitrogen and oxygen atoms in total. The van der Waals surface area contributed by atoms with Gasteiger partial charge in [-0.3, -0.25) is 14.4 Å². The molecule has 4 atom stereocenters. The van der Waals surface area contributed by atoms with Gasteiger partial charge in [-0.15, -0.1) is 0 Å². The van der Waals surface area contributed by atoms with Gasteiger partial charge in [0.2, 0.25) is 5.91 Å². The maximum absolute atomic E-state index is 12.9. The van der Waals surface area contributed by atoms with Gasteiger partial charge >= 0.3 is 5.97 Å². The van der Waals surface area contributed by atoms with E-state index in [2.05, 4.69) is 0 Å². The number of carboxylic acid groups (broad SMARTS) is 1. The van der Waals surface area contributed by atoms with Crippen LogP contribution in [0.4, 0.5) is 0 Å². The predicted molar refractivity (Wildman–Crippen MR) is 86.5 cm³/mol. The normalized spacial score (nSPS) is 32.8. The van der Waals surface area contributed by atoms with Crippen LogP contribution in [0.1, 0.15) is 31.9 Å². The lowest BCUT2D eigenvalue weighted by Gasteiger charge is -2.43. The molecule has 128 valence electrons. The minimum Gasteiger partial charge on any atom is -0.481 e. The number of amides is 1. The number of aromatic nitrogens is 1. The van der Waals surface area contributed by atoms with E-state index in [-0.39, 0.29) is 23.3 Å². The summed E-state index contributed by atoms with van der Waals surface area (Å²) in [4.78, 5) is 38.1. The molecule has 2 fully saturated rings. The Morgan fingerprint density at radius 1 is 1.17 bits per heavy atom. The van der Waals surface area contributed by atoms with Gasteiger partial charge in [-0.25, -0.2) is 0 Å². The quantitative estimate of drug-likeness (QED) is 0.882. The minimum absolute atomic E-state index is 0.0243. The molecule has 0 spiro atoms. The number of rotatable bonds is 2. The number of carbonyl (C=O) groups excluding carboxylic acids is 1. The summed E-state index contributed by atoms with van der Waals surface area (Å²) in [5.41, 5.74) is 0.557. The molecule has 1 saturated carbocycles. The third kappa shape index (κ3) is 2.12. The molecule has 1 saturated heterocycles. The summed E-state index contributed by atoms with van der Waals surface area (Å²) in [7, 11) is 0. The molecule has 3 heterocycles. The number of hydrogen-bond donors (Lipinski definition) is 1. The molecular formula is C18H22N2O4. The molecule has 0 radical (unpaired) electrons. The van der Waals surface area contributed by atoms with E-state index in [0.717, 1.165) is 12.1 Å². The van der Waals surface area contributed by atoms with Gasteiger partial charge in [-0.1, -0.05) is 19.9 Å². The second kappa shape index (κ2) is 4.94. The maximum Gasteiger partial charge on any atom is 0.307 e. The summed E-state index contributed by atoms with van der Waals surface area (Å²) in [6.07, 6.45) is 0.990. The highest BCUT2D eigenvalue weighted by molar-refractivity contribution is 5.91. The van der Waals surface area contributed by atoms with Crippen LogP contribution in [0, 0.1) is 23.2 Å². The van der Waals surface area contributed by atoms with Crippen LogP contribution in [0.3, 0.4) is 0 Å². The van der Waals surface area contributed by atoms with Crippen LogP contribution < -0.4 is 5.56 Å². The Bertz CT molecular complexity index is 781. The molecule has 24 heavy (non-hydrogen) atoms. The predicted octanol–water partition coefficient (Wildman–Crippen LogP) is 1.15. The zero-order valence-electron chi connectivity index (χ0n) is 13.9. The summed E-state index contributed by atoms with van der Waals surface area (Å²) in [6.45, 7) is 5.56. The Kier molecular flexibility index (Phi) is 3.18. The largest absolute Gasteiger partial charge is 0.481 e. The molecule has 1 aliphatic carbocycles. The third-order valence-electron chi connectivity index (χ3n) is 6.15. The molecule has 2 bridgehead atoms. The van der Waals surface area contributed by atoms with E-state index < -0.39 is 23.2 Å². The zero-order valence-corrected chi connectivity index (χ0v) is 13.9. The average molecular weight is 330 g/mol. The SMILES string of the molecule is CC1(C)C(C(=O)O)C1C(=O)N1C[C@@H]2C[C@@H](C1)c1cccc(=O)n1C2. The van der Waals surface area contributed by atoms with Gasteiger partial charge < -0.3 is 14.6 Å². The Hall–Kier alpha value is -2.11. The van der Waals surface area contributed by atoms with Crippen molar-refractivity contribution in [3.63, 3.8) is 0 Å². The summed E-state index contributed by atoms with van der Waals surface area (Å²) in [5.74, 6) is -1.49. The number of aliphatic carboxylic acids is 1. The van der Waals surface area contributed by atoms with E-state index in [9.17, 15) is 19.5 Å². The van der Waals surface area contributed by atoms with Crippen LogP contribution in [-0.4, -0.2) is 39.5 Å². The third-order valence-corrected chi connectivity index (χ3v) is 6.15. The molecular weight excluding hydrogens is 308 g/mol. The van der Waals surface area contributed by atoms with Gasteiger partial charge in [0, 0.05) is 37.3 Å². The lowest BCUT2D eigenvalue weighted by Crippen LogP contribution is -2.49. The van der Waals surface area contributed by atoms with Crippen LogP contribution in [0.2, 0.25) is 0 Å². The number of nitrogens with zero attached hydrogens (tertiary/aromatic N) is 2. The lowest BCUT2D eigenvalue weighted by atomic mass is 9.83. The molecule has 2 unspecified atom stereocenters. The van der Waals surface area contributed by atoms with Gasteiger partial charge in [0.1, 0.15) is 0 Å². The van der Waals surface area contributed by atoms with E-state index >= 15 is 0 Å². The number of carboxylic acids is 1. The summed E-state index contributed by atoms with van der Waals surface area (Å²) in [5, 5.41) is 9.32. The molecule has 3 aliphatic rings. The molecule has 1 aromatic heterocycles. The van der Waals surface area contributed by atoms with Crippen molar-refractivity contribution in [1.29, 1.82) is 0 Å². The molecule has 6 heteroatoms. The van der Waals surface area contributed by atoms with Crippen molar-refractivity contribution in [3.8, 4) is 0 Å². The summed E-state index contributed by atoms with van der Waals surface area (Å²) in [6, 6.07) is 5.33. The Morgan fingerprint density at radius 2 is 1.92 bits per heavy atom. The van der Waals surface area contributed by atoms with Crippen LogP contribution in [0.25, 0.3) is 0 Å². The van der Waals surface area contributed by atoms with E-state index in [1.54, 1.807) is 12.1 Å². The summed E-state index contributed by atoms with van der Waals surface area (Å²) < 4.78 is 1.84. The van der Waals surface area contributed by atoms with Gasteiger partial charge in [-0.05, 0) is 23.8 Å². The van der Waals surface area contributed by atoms with Gasteiger partial charge in [0.15, 0.2) is 0 Å². The van der Waals surface area contributed by atoms with E-state index in [1.807, 2.05) is 29.4 Å². The highest BCUT2D eigenvalue weighted by atomic mass is 16.4. The Balaban J connectivity index is 1.58. The summed E-state index contributed by atoms with van der Waals surface area (Å²) >= 11 is 0. The fourth-order valence-electron chi connectivity index (χ4n) is 4.83.